The zero-order valence-electron chi connectivity index (χ0n) is 20.6. The quantitative estimate of drug-likeness (QED) is 0.368. The molecule has 2 aromatic heterocycles. The van der Waals surface area contributed by atoms with Gasteiger partial charge in [-0.15, -0.1) is 0 Å². The Morgan fingerprint density at radius 2 is 1.95 bits per heavy atom. The number of nitrogens with zero attached hydrogens (tertiary/aromatic N) is 4. The predicted octanol–water partition coefficient (Wildman–Crippen LogP) is 3.94. The zero-order valence-corrected chi connectivity index (χ0v) is 20.6. The van der Waals surface area contributed by atoms with Gasteiger partial charge in [-0.2, -0.15) is 0 Å². The van der Waals surface area contributed by atoms with Gasteiger partial charge in [0.15, 0.2) is 5.60 Å². The van der Waals surface area contributed by atoms with Crippen molar-refractivity contribution in [2.75, 3.05) is 11.4 Å². The van der Waals surface area contributed by atoms with Gasteiger partial charge in [-0.25, -0.2) is 19.2 Å². The van der Waals surface area contributed by atoms with Crippen molar-refractivity contribution in [3.8, 4) is 11.4 Å². The molecule has 0 saturated heterocycles. The molecular weight excluding hydrogens is 487 g/mol. The molecule has 5 heterocycles. The van der Waals surface area contributed by atoms with Crippen LogP contribution in [0.1, 0.15) is 35.6 Å². The molecule has 3 aliphatic heterocycles. The highest BCUT2D eigenvalue weighted by Gasteiger charge is 2.45. The van der Waals surface area contributed by atoms with Crippen LogP contribution in [0.3, 0.4) is 0 Å². The van der Waals surface area contributed by atoms with Gasteiger partial charge >= 0.3 is 5.97 Å². The number of fused-ring (bicyclic) bond motifs is 5. The monoisotopic (exact) mass is 510 g/mol. The van der Waals surface area contributed by atoms with Gasteiger partial charge in [0.2, 0.25) is 0 Å². The average Bonchev–Trinajstić information content (AvgIpc) is 3.30. The lowest BCUT2D eigenvalue weighted by molar-refractivity contribution is -0.172. The normalized spacial score (nSPS) is 18.8. The summed E-state index contributed by atoms with van der Waals surface area (Å²) >= 11 is 0. The van der Waals surface area contributed by atoms with Crippen molar-refractivity contribution in [2.45, 2.75) is 38.5 Å². The van der Waals surface area contributed by atoms with Crippen molar-refractivity contribution in [1.82, 2.24) is 9.55 Å². The standard InChI is InChI=1S/C29H23FN4O4/c1-2-29(37)20-12-23-25-18(13-34(23)27(35)19(20)14-38-28(29)36)26-24-21(4-3-5-22(24)32-25)31-15-33(26)11-10-16-6-8-17(30)9-7-16/h3-9,12,15,37H,2,10-11,13-14H2,1H3. The number of hydrogen-bond donors (Lipinski definition) is 1. The number of cyclic esters (lactones) is 1. The van der Waals surface area contributed by atoms with Crippen molar-refractivity contribution in [3.63, 3.8) is 0 Å². The van der Waals surface area contributed by atoms with Gasteiger partial charge in [-0.1, -0.05) is 25.1 Å². The Kier molecular flexibility index (Phi) is 4.84. The number of benzene rings is 2. The van der Waals surface area contributed by atoms with E-state index in [2.05, 4.69) is 9.89 Å². The number of aliphatic imine (C=N–C) groups is 1. The zero-order chi connectivity index (χ0) is 26.2. The van der Waals surface area contributed by atoms with Crippen LogP contribution in [0.4, 0.5) is 15.8 Å². The largest absolute Gasteiger partial charge is 0.458 e. The van der Waals surface area contributed by atoms with Gasteiger partial charge in [0.1, 0.15) is 12.4 Å². The minimum absolute atomic E-state index is 0.0853. The number of carbonyl (C=O) groups excluding carboxylic acids is 1. The van der Waals surface area contributed by atoms with E-state index >= 15 is 0 Å². The molecule has 1 atom stereocenters. The molecule has 3 aliphatic rings. The Hall–Kier alpha value is -4.37. The summed E-state index contributed by atoms with van der Waals surface area (Å²) in [5.41, 5.74) is 3.95. The smallest absolute Gasteiger partial charge is 0.343 e. The minimum Gasteiger partial charge on any atom is -0.458 e. The molecular formula is C29H23FN4O4. The van der Waals surface area contributed by atoms with Crippen molar-refractivity contribution in [1.29, 1.82) is 0 Å². The van der Waals surface area contributed by atoms with E-state index in [9.17, 15) is 19.1 Å². The lowest BCUT2D eigenvalue weighted by Gasteiger charge is -2.31. The molecule has 4 aromatic rings. The van der Waals surface area contributed by atoms with E-state index in [0.717, 1.165) is 33.4 Å². The second-order valence-corrected chi connectivity index (χ2v) is 9.88. The summed E-state index contributed by atoms with van der Waals surface area (Å²) in [7, 11) is 0. The third-order valence-corrected chi connectivity index (χ3v) is 7.84. The van der Waals surface area contributed by atoms with Gasteiger partial charge in [-0.3, -0.25) is 4.79 Å². The van der Waals surface area contributed by atoms with Crippen LogP contribution in [0.5, 0.6) is 0 Å². The molecule has 0 aliphatic carbocycles. The van der Waals surface area contributed by atoms with Crippen molar-refractivity contribution in [2.24, 2.45) is 4.99 Å². The predicted molar refractivity (Wildman–Crippen MR) is 140 cm³/mol. The van der Waals surface area contributed by atoms with Crippen LogP contribution in [-0.2, 0) is 34.7 Å². The summed E-state index contributed by atoms with van der Waals surface area (Å²) in [4.78, 5) is 37.8. The summed E-state index contributed by atoms with van der Waals surface area (Å²) in [6, 6.07) is 13.9. The molecule has 1 N–H and O–H groups in total. The molecule has 7 rings (SSSR count). The third-order valence-electron chi connectivity index (χ3n) is 7.84. The SMILES string of the molecule is CCC1(O)C(=O)OCc2c1cc1n(c2=O)Cc2c-1nc1cccc3c1c2N(CCc1ccc(F)cc1)C=N3. The van der Waals surface area contributed by atoms with Crippen molar-refractivity contribution >= 4 is 34.6 Å². The first-order valence-electron chi connectivity index (χ1n) is 12.6. The average molecular weight is 511 g/mol. The summed E-state index contributed by atoms with van der Waals surface area (Å²) in [5.74, 6) is -1.02. The maximum absolute atomic E-state index is 13.6. The van der Waals surface area contributed by atoms with Crippen molar-refractivity contribution in [3.05, 3.63) is 87.0 Å². The number of rotatable bonds is 4. The van der Waals surface area contributed by atoms with Gasteiger partial charge in [0.25, 0.3) is 5.56 Å². The Bertz CT molecular complexity index is 1760. The number of pyridine rings is 2. The van der Waals surface area contributed by atoms with E-state index in [0.29, 0.717) is 42.0 Å². The number of esters is 1. The van der Waals surface area contributed by atoms with E-state index in [1.165, 1.54) is 12.1 Å². The number of hydrogen-bond acceptors (Lipinski definition) is 7. The maximum atomic E-state index is 13.6. The second-order valence-electron chi connectivity index (χ2n) is 9.88. The van der Waals surface area contributed by atoms with Gasteiger partial charge < -0.3 is 19.3 Å². The fraction of sp³-hybridized carbons (Fsp3) is 0.241. The van der Waals surface area contributed by atoms with Crippen LogP contribution in [0.2, 0.25) is 0 Å². The molecule has 9 heteroatoms. The van der Waals surface area contributed by atoms with E-state index < -0.39 is 11.6 Å². The lowest BCUT2D eigenvalue weighted by Crippen LogP contribution is -2.44. The number of anilines is 1. The van der Waals surface area contributed by atoms with Crippen LogP contribution in [0.15, 0.2) is 58.3 Å². The van der Waals surface area contributed by atoms with Gasteiger partial charge in [-0.05, 0) is 48.7 Å². The summed E-state index contributed by atoms with van der Waals surface area (Å²) in [5, 5.41) is 12.1. The molecule has 1 unspecified atom stereocenters. The molecule has 0 bridgehead atoms. The number of ether oxygens (including phenoxy) is 1. The van der Waals surface area contributed by atoms with E-state index in [1.54, 1.807) is 36.0 Å². The number of aromatic nitrogens is 2. The van der Waals surface area contributed by atoms with Crippen LogP contribution in [0, 0.1) is 5.82 Å². The first-order chi connectivity index (χ1) is 18.4. The second kappa shape index (κ2) is 8.06. The molecule has 0 spiro atoms. The molecule has 190 valence electrons. The van der Waals surface area contributed by atoms with Crippen LogP contribution >= 0.6 is 0 Å². The molecule has 2 aromatic carbocycles. The van der Waals surface area contributed by atoms with E-state index in [1.807, 2.05) is 18.2 Å². The number of halogens is 1. The molecule has 0 fully saturated rings. The van der Waals surface area contributed by atoms with Crippen LogP contribution < -0.4 is 10.5 Å². The highest BCUT2D eigenvalue weighted by atomic mass is 19.1. The third kappa shape index (κ3) is 3.11. The number of aliphatic hydroxyl groups is 1. The van der Waals surface area contributed by atoms with Crippen molar-refractivity contribution < 1.29 is 19.0 Å². The minimum atomic E-state index is -1.88. The van der Waals surface area contributed by atoms with E-state index in [4.69, 9.17) is 9.72 Å². The maximum Gasteiger partial charge on any atom is 0.343 e. The highest BCUT2D eigenvalue weighted by Crippen LogP contribution is 2.46. The first kappa shape index (κ1) is 22.8. The molecule has 8 nitrogen and oxygen atoms in total. The highest BCUT2D eigenvalue weighted by molar-refractivity contribution is 6.11. The Balaban J connectivity index is 1.40. The number of carbonyl (C=O) groups is 1. The van der Waals surface area contributed by atoms with E-state index in [-0.39, 0.29) is 24.4 Å². The molecule has 0 radical (unpaired) electrons. The van der Waals surface area contributed by atoms with Gasteiger partial charge in [0, 0.05) is 17.7 Å². The van der Waals surface area contributed by atoms with Crippen LogP contribution in [0.25, 0.3) is 22.3 Å². The molecule has 38 heavy (non-hydrogen) atoms. The topological polar surface area (TPSA) is 97.0 Å². The first-order valence-corrected chi connectivity index (χ1v) is 12.6. The molecule has 0 amide bonds. The van der Waals surface area contributed by atoms with Crippen LogP contribution in [-0.4, -0.2) is 33.5 Å². The fourth-order valence-electron chi connectivity index (χ4n) is 5.77. The Labute approximate surface area is 216 Å². The fourth-order valence-corrected chi connectivity index (χ4v) is 5.77. The van der Waals surface area contributed by atoms with Gasteiger partial charge in [0.05, 0.1) is 52.1 Å². The lowest BCUT2D eigenvalue weighted by atomic mass is 9.86. The summed E-state index contributed by atoms with van der Waals surface area (Å²) < 4.78 is 20.2. The Morgan fingerprint density at radius 1 is 1.13 bits per heavy atom. The summed E-state index contributed by atoms with van der Waals surface area (Å²) in [6.45, 7) is 2.40. The molecule has 0 saturated carbocycles. The summed E-state index contributed by atoms with van der Waals surface area (Å²) in [6.07, 6.45) is 2.54. The Morgan fingerprint density at radius 3 is 2.74 bits per heavy atom.